The average molecular weight is 328 g/mol. The molecule has 24 heavy (non-hydrogen) atoms. The number of piperazine rings is 1. The molecule has 6 heteroatoms. The van der Waals surface area contributed by atoms with Crippen molar-refractivity contribution in [3.8, 4) is 11.6 Å². The van der Waals surface area contributed by atoms with Crippen LogP contribution in [-0.4, -0.2) is 61.8 Å². The summed E-state index contributed by atoms with van der Waals surface area (Å²) < 4.78 is 10.4. The normalized spacial score (nSPS) is 15.3. The molecule has 0 aliphatic carbocycles. The van der Waals surface area contributed by atoms with Crippen molar-refractivity contribution >= 4 is 5.82 Å². The van der Waals surface area contributed by atoms with E-state index in [-0.39, 0.29) is 0 Å². The molecule has 1 fully saturated rings. The Morgan fingerprint density at radius 2 is 1.71 bits per heavy atom. The standard InChI is InChI=1S/C18H24N4O2/c1-23-16-5-3-15(4-6-16)7-8-21-9-11-22(12-10-21)17-13-18(24-2)20-14-19-17/h3-6,13-14H,7-12H2,1-2H3. The highest BCUT2D eigenvalue weighted by Crippen LogP contribution is 2.17. The number of benzene rings is 1. The van der Waals surface area contributed by atoms with Gasteiger partial charge in [0.2, 0.25) is 5.88 Å². The van der Waals surface area contributed by atoms with E-state index in [1.54, 1.807) is 20.5 Å². The zero-order chi connectivity index (χ0) is 16.8. The Labute approximate surface area is 143 Å². The van der Waals surface area contributed by atoms with Gasteiger partial charge in [-0.05, 0) is 24.1 Å². The van der Waals surface area contributed by atoms with E-state index in [4.69, 9.17) is 9.47 Å². The molecule has 0 saturated carbocycles. The third-order valence-corrected chi connectivity index (χ3v) is 4.41. The summed E-state index contributed by atoms with van der Waals surface area (Å²) in [6.45, 7) is 5.11. The Kier molecular flexibility index (Phi) is 5.48. The van der Waals surface area contributed by atoms with Crippen molar-refractivity contribution in [1.82, 2.24) is 14.9 Å². The van der Waals surface area contributed by atoms with Gasteiger partial charge in [-0.15, -0.1) is 0 Å². The monoisotopic (exact) mass is 328 g/mol. The number of hydrogen-bond acceptors (Lipinski definition) is 6. The summed E-state index contributed by atoms with van der Waals surface area (Å²) in [6, 6.07) is 10.2. The van der Waals surface area contributed by atoms with Gasteiger partial charge in [-0.25, -0.2) is 9.97 Å². The summed E-state index contributed by atoms with van der Waals surface area (Å²) in [5, 5.41) is 0. The van der Waals surface area contributed by atoms with E-state index < -0.39 is 0 Å². The van der Waals surface area contributed by atoms with Crippen molar-refractivity contribution in [3.05, 3.63) is 42.2 Å². The molecule has 2 aromatic rings. The predicted octanol–water partition coefficient (Wildman–Crippen LogP) is 1.86. The zero-order valence-electron chi connectivity index (χ0n) is 14.3. The average Bonchev–Trinajstić information content (AvgIpc) is 2.67. The Balaban J connectivity index is 1.47. The minimum absolute atomic E-state index is 0.613. The van der Waals surface area contributed by atoms with Crippen LogP contribution in [0.25, 0.3) is 0 Å². The first-order chi connectivity index (χ1) is 11.8. The topological polar surface area (TPSA) is 50.7 Å². The predicted molar refractivity (Wildman–Crippen MR) is 93.9 cm³/mol. The molecular weight excluding hydrogens is 304 g/mol. The largest absolute Gasteiger partial charge is 0.497 e. The number of aromatic nitrogens is 2. The summed E-state index contributed by atoms with van der Waals surface area (Å²) in [5.74, 6) is 2.46. The summed E-state index contributed by atoms with van der Waals surface area (Å²) >= 11 is 0. The van der Waals surface area contributed by atoms with Gasteiger partial charge in [-0.2, -0.15) is 0 Å². The second-order valence-corrected chi connectivity index (χ2v) is 5.85. The fourth-order valence-electron chi connectivity index (χ4n) is 2.89. The molecule has 0 amide bonds. The third-order valence-electron chi connectivity index (χ3n) is 4.41. The van der Waals surface area contributed by atoms with Gasteiger partial charge in [0.15, 0.2) is 0 Å². The molecule has 128 valence electrons. The Morgan fingerprint density at radius 3 is 2.38 bits per heavy atom. The number of methoxy groups -OCH3 is 2. The zero-order valence-corrected chi connectivity index (χ0v) is 14.3. The quantitative estimate of drug-likeness (QED) is 0.807. The van der Waals surface area contributed by atoms with Gasteiger partial charge < -0.3 is 14.4 Å². The molecule has 1 aromatic heterocycles. The molecule has 1 aliphatic heterocycles. The molecule has 3 rings (SSSR count). The van der Waals surface area contributed by atoms with Gasteiger partial charge in [0.25, 0.3) is 0 Å². The van der Waals surface area contributed by atoms with Crippen molar-refractivity contribution < 1.29 is 9.47 Å². The summed E-state index contributed by atoms with van der Waals surface area (Å²) in [6.07, 6.45) is 2.62. The lowest BCUT2D eigenvalue weighted by Crippen LogP contribution is -2.47. The molecular formula is C18H24N4O2. The molecule has 1 saturated heterocycles. The molecule has 0 atom stereocenters. The van der Waals surface area contributed by atoms with Crippen LogP contribution in [0.4, 0.5) is 5.82 Å². The Hall–Kier alpha value is -2.34. The third kappa shape index (κ3) is 4.14. The maximum atomic E-state index is 5.20. The number of rotatable bonds is 6. The van der Waals surface area contributed by atoms with Crippen LogP contribution >= 0.6 is 0 Å². The first kappa shape index (κ1) is 16.5. The molecule has 0 bridgehead atoms. The highest BCUT2D eigenvalue weighted by Gasteiger charge is 2.18. The van der Waals surface area contributed by atoms with Gasteiger partial charge in [0.05, 0.1) is 14.2 Å². The van der Waals surface area contributed by atoms with Gasteiger partial charge in [-0.3, -0.25) is 4.90 Å². The van der Waals surface area contributed by atoms with Crippen molar-refractivity contribution in [3.63, 3.8) is 0 Å². The lowest BCUT2D eigenvalue weighted by Gasteiger charge is -2.35. The lowest BCUT2D eigenvalue weighted by atomic mass is 10.1. The van der Waals surface area contributed by atoms with Crippen LogP contribution in [0.1, 0.15) is 5.56 Å². The summed E-state index contributed by atoms with van der Waals surface area (Å²) in [7, 11) is 3.32. The van der Waals surface area contributed by atoms with E-state index in [9.17, 15) is 0 Å². The van der Waals surface area contributed by atoms with E-state index in [1.165, 1.54) is 5.56 Å². The van der Waals surface area contributed by atoms with Crippen LogP contribution in [0, 0.1) is 0 Å². The van der Waals surface area contributed by atoms with E-state index in [1.807, 2.05) is 18.2 Å². The molecule has 1 aromatic carbocycles. The minimum Gasteiger partial charge on any atom is -0.497 e. The fraction of sp³-hybridized carbons (Fsp3) is 0.444. The maximum Gasteiger partial charge on any atom is 0.218 e. The molecule has 0 N–H and O–H groups in total. The highest BCUT2D eigenvalue weighted by molar-refractivity contribution is 5.41. The van der Waals surface area contributed by atoms with Gasteiger partial charge in [-0.1, -0.05) is 12.1 Å². The number of hydrogen-bond donors (Lipinski definition) is 0. The summed E-state index contributed by atoms with van der Waals surface area (Å²) in [4.78, 5) is 13.2. The van der Waals surface area contributed by atoms with Crippen molar-refractivity contribution in [1.29, 1.82) is 0 Å². The van der Waals surface area contributed by atoms with Crippen molar-refractivity contribution in [2.24, 2.45) is 0 Å². The lowest BCUT2D eigenvalue weighted by molar-refractivity contribution is 0.260. The van der Waals surface area contributed by atoms with Crippen LogP contribution in [-0.2, 0) is 6.42 Å². The number of anilines is 1. The van der Waals surface area contributed by atoms with E-state index in [0.29, 0.717) is 5.88 Å². The first-order valence-electron chi connectivity index (χ1n) is 8.25. The van der Waals surface area contributed by atoms with Crippen LogP contribution in [0.5, 0.6) is 11.6 Å². The molecule has 6 nitrogen and oxygen atoms in total. The fourth-order valence-corrected chi connectivity index (χ4v) is 2.89. The van der Waals surface area contributed by atoms with Crippen molar-refractivity contribution in [2.45, 2.75) is 6.42 Å². The van der Waals surface area contributed by atoms with E-state index >= 15 is 0 Å². The number of ether oxygens (including phenoxy) is 2. The molecule has 2 heterocycles. The molecule has 0 radical (unpaired) electrons. The van der Waals surface area contributed by atoms with Crippen LogP contribution in [0.2, 0.25) is 0 Å². The Bertz CT molecular complexity index is 640. The second kappa shape index (κ2) is 7.97. The van der Waals surface area contributed by atoms with Gasteiger partial charge in [0, 0.05) is 38.8 Å². The number of nitrogens with zero attached hydrogens (tertiary/aromatic N) is 4. The van der Waals surface area contributed by atoms with Crippen LogP contribution in [0.3, 0.4) is 0 Å². The molecule has 1 aliphatic rings. The van der Waals surface area contributed by atoms with Crippen LogP contribution < -0.4 is 14.4 Å². The summed E-state index contributed by atoms with van der Waals surface area (Å²) in [5.41, 5.74) is 1.35. The van der Waals surface area contributed by atoms with Gasteiger partial charge >= 0.3 is 0 Å². The Morgan fingerprint density at radius 1 is 0.958 bits per heavy atom. The highest BCUT2D eigenvalue weighted by atomic mass is 16.5. The second-order valence-electron chi connectivity index (χ2n) is 5.85. The maximum absolute atomic E-state index is 5.20. The van der Waals surface area contributed by atoms with E-state index in [0.717, 1.165) is 50.7 Å². The SMILES string of the molecule is COc1ccc(CCN2CCN(c3cc(OC)ncn3)CC2)cc1. The smallest absolute Gasteiger partial charge is 0.218 e. The van der Waals surface area contributed by atoms with Gasteiger partial charge in [0.1, 0.15) is 17.9 Å². The van der Waals surface area contributed by atoms with Crippen molar-refractivity contribution in [2.75, 3.05) is 51.8 Å². The minimum atomic E-state index is 0.613. The van der Waals surface area contributed by atoms with E-state index in [2.05, 4.69) is 31.9 Å². The first-order valence-corrected chi connectivity index (χ1v) is 8.25. The molecule has 0 spiro atoms. The van der Waals surface area contributed by atoms with Crippen LogP contribution in [0.15, 0.2) is 36.7 Å². The molecule has 0 unspecified atom stereocenters.